The molecule has 33 heavy (non-hydrogen) atoms. The average Bonchev–Trinajstić information content (AvgIpc) is 2.81. The maximum absolute atomic E-state index is 13.2. The van der Waals surface area contributed by atoms with Gasteiger partial charge < -0.3 is 19.1 Å². The van der Waals surface area contributed by atoms with Crippen molar-refractivity contribution in [1.29, 1.82) is 0 Å². The van der Waals surface area contributed by atoms with Crippen molar-refractivity contribution in [3.8, 4) is 5.75 Å². The molecular weight excluding hydrogens is 438 g/mol. The topological polar surface area (TPSA) is 48.0 Å². The molecule has 1 amide bonds. The van der Waals surface area contributed by atoms with Crippen LogP contribution in [0.2, 0.25) is 5.02 Å². The van der Waals surface area contributed by atoms with Crippen LogP contribution >= 0.6 is 11.6 Å². The molecule has 2 atom stereocenters. The Morgan fingerprint density at radius 1 is 1.18 bits per heavy atom. The van der Waals surface area contributed by atoms with Crippen LogP contribution in [0.4, 0.5) is 0 Å². The van der Waals surface area contributed by atoms with E-state index in [9.17, 15) is 4.79 Å². The summed E-state index contributed by atoms with van der Waals surface area (Å²) in [6.45, 7) is 7.95. The van der Waals surface area contributed by atoms with Crippen molar-refractivity contribution in [2.24, 2.45) is 0 Å². The van der Waals surface area contributed by atoms with Crippen molar-refractivity contribution in [3.63, 3.8) is 0 Å². The highest BCUT2D eigenvalue weighted by molar-refractivity contribution is 6.32. The second-order valence-electron chi connectivity index (χ2n) is 9.32. The van der Waals surface area contributed by atoms with Crippen LogP contribution in [0.25, 0.3) is 0 Å². The molecule has 0 saturated carbocycles. The van der Waals surface area contributed by atoms with E-state index in [0.29, 0.717) is 36.0 Å². The van der Waals surface area contributed by atoms with Crippen molar-refractivity contribution in [2.75, 3.05) is 19.7 Å². The lowest BCUT2D eigenvalue weighted by molar-refractivity contribution is -0.190. The molecule has 2 aromatic rings. The fourth-order valence-corrected chi connectivity index (χ4v) is 5.20. The Bertz CT molecular complexity index is 940. The standard InChI is InChI=1S/C27H34ClNO4/c1-4-31-22-17-25(20-8-6-5-7-9-20)33-27(18-22)12-14-29(15-13-27)26(30)21-10-11-24(23(28)16-21)32-19(2)3/h5-11,16,19,22,25H,4,12-15,17-18H2,1-3H3/t22-,25-/m0/s1. The first-order chi connectivity index (χ1) is 15.9. The van der Waals surface area contributed by atoms with Crippen molar-refractivity contribution in [1.82, 2.24) is 4.90 Å². The zero-order valence-electron chi connectivity index (χ0n) is 19.8. The number of carbonyl (C=O) groups is 1. The van der Waals surface area contributed by atoms with Gasteiger partial charge in [-0.2, -0.15) is 0 Å². The predicted molar refractivity (Wildman–Crippen MR) is 130 cm³/mol. The van der Waals surface area contributed by atoms with Crippen LogP contribution in [0.3, 0.4) is 0 Å². The van der Waals surface area contributed by atoms with Gasteiger partial charge in [-0.05, 0) is 57.4 Å². The second kappa shape index (κ2) is 10.5. The molecule has 0 N–H and O–H groups in total. The number of amides is 1. The Balaban J connectivity index is 1.44. The van der Waals surface area contributed by atoms with E-state index in [0.717, 1.165) is 25.7 Å². The zero-order valence-corrected chi connectivity index (χ0v) is 20.5. The maximum Gasteiger partial charge on any atom is 0.253 e. The minimum Gasteiger partial charge on any atom is -0.489 e. The molecule has 0 aromatic heterocycles. The molecule has 2 fully saturated rings. The van der Waals surface area contributed by atoms with Crippen LogP contribution < -0.4 is 4.74 Å². The molecule has 4 rings (SSSR count). The molecule has 0 bridgehead atoms. The molecule has 0 radical (unpaired) electrons. The number of carbonyl (C=O) groups excluding carboxylic acids is 1. The van der Waals surface area contributed by atoms with Gasteiger partial charge in [-0.1, -0.05) is 41.9 Å². The summed E-state index contributed by atoms with van der Waals surface area (Å²) >= 11 is 6.36. The second-order valence-corrected chi connectivity index (χ2v) is 9.73. The third-order valence-electron chi connectivity index (χ3n) is 6.55. The largest absolute Gasteiger partial charge is 0.489 e. The van der Waals surface area contributed by atoms with Crippen molar-refractivity contribution < 1.29 is 19.0 Å². The molecule has 178 valence electrons. The highest BCUT2D eigenvalue weighted by Gasteiger charge is 2.45. The van der Waals surface area contributed by atoms with Gasteiger partial charge in [0.1, 0.15) is 5.75 Å². The van der Waals surface area contributed by atoms with Gasteiger partial charge in [0.2, 0.25) is 0 Å². The molecule has 2 aliphatic heterocycles. The first-order valence-electron chi connectivity index (χ1n) is 12.0. The number of rotatable bonds is 6. The summed E-state index contributed by atoms with van der Waals surface area (Å²) < 4.78 is 18.5. The maximum atomic E-state index is 13.2. The molecule has 1 spiro atoms. The molecule has 5 nitrogen and oxygen atoms in total. The number of hydrogen-bond acceptors (Lipinski definition) is 4. The molecular formula is C27H34ClNO4. The molecule has 2 aromatic carbocycles. The number of benzene rings is 2. The number of nitrogens with zero attached hydrogens (tertiary/aromatic N) is 1. The summed E-state index contributed by atoms with van der Waals surface area (Å²) in [5.41, 5.74) is 1.52. The highest BCUT2D eigenvalue weighted by atomic mass is 35.5. The lowest BCUT2D eigenvalue weighted by Gasteiger charge is -2.48. The first-order valence-corrected chi connectivity index (χ1v) is 12.4. The summed E-state index contributed by atoms with van der Waals surface area (Å²) in [7, 11) is 0. The number of halogens is 1. The summed E-state index contributed by atoms with van der Waals surface area (Å²) in [6.07, 6.45) is 3.56. The minimum atomic E-state index is -0.262. The molecule has 2 aliphatic rings. The van der Waals surface area contributed by atoms with Gasteiger partial charge in [-0.3, -0.25) is 4.79 Å². The van der Waals surface area contributed by atoms with E-state index in [2.05, 4.69) is 24.3 Å². The Hall–Kier alpha value is -2.08. The molecule has 2 saturated heterocycles. The first kappa shape index (κ1) is 24.1. The summed E-state index contributed by atoms with van der Waals surface area (Å²) in [6, 6.07) is 15.7. The van der Waals surface area contributed by atoms with E-state index >= 15 is 0 Å². The van der Waals surface area contributed by atoms with Crippen LogP contribution in [-0.4, -0.2) is 48.3 Å². The van der Waals surface area contributed by atoms with Crippen molar-refractivity contribution in [3.05, 3.63) is 64.7 Å². The van der Waals surface area contributed by atoms with E-state index < -0.39 is 0 Å². The van der Waals surface area contributed by atoms with Crippen LogP contribution in [0.5, 0.6) is 5.75 Å². The van der Waals surface area contributed by atoms with Gasteiger partial charge in [-0.25, -0.2) is 0 Å². The van der Waals surface area contributed by atoms with E-state index in [1.807, 2.05) is 31.7 Å². The van der Waals surface area contributed by atoms with Crippen LogP contribution in [-0.2, 0) is 9.47 Å². The summed E-state index contributed by atoms with van der Waals surface area (Å²) in [4.78, 5) is 15.1. The fraction of sp³-hybridized carbons (Fsp3) is 0.519. The summed E-state index contributed by atoms with van der Waals surface area (Å²) in [5.74, 6) is 0.602. The van der Waals surface area contributed by atoms with E-state index in [1.54, 1.807) is 18.2 Å². The number of likely N-dealkylation sites (tertiary alicyclic amines) is 1. The lowest BCUT2D eigenvalue weighted by atomic mass is 9.80. The Morgan fingerprint density at radius 2 is 1.91 bits per heavy atom. The fourth-order valence-electron chi connectivity index (χ4n) is 4.97. The third-order valence-corrected chi connectivity index (χ3v) is 6.84. The van der Waals surface area contributed by atoms with Gasteiger partial charge in [0, 0.05) is 38.1 Å². The van der Waals surface area contributed by atoms with Crippen molar-refractivity contribution in [2.45, 2.75) is 70.4 Å². The van der Waals surface area contributed by atoms with E-state index in [-0.39, 0.29) is 29.8 Å². The zero-order chi connectivity index (χ0) is 23.4. The Kier molecular flexibility index (Phi) is 7.62. The van der Waals surface area contributed by atoms with Gasteiger partial charge in [0.05, 0.1) is 28.9 Å². The predicted octanol–water partition coefficient (Wildman–Crippen LogP) is 6.06. The number of ether oxygens (including phenoxy) is 3. The highest BCUT2D eigenvalue weighted by Crippen LogP contribution is 2.44. The average molecular weight is 472 g/mol. The number of hydrogen-bond donors (Lipinski definition) is 0. The SMILES string of the molecule is CCO[C@H]1C[C@@H](c2ccccc2)OC2(CCN(C(=O)c3ccc(OC(C)C)c(Cl)c3)CC2)C1. The van der Waals surface area contributed by atoms with Gasteiger partial charge in [0.15, 0.2) is 0 Å². The van der Waals surface area contributed by atoms with Gasteiger partial charge in [0.25, 0.3) is 5.91 Å². The Morgan fingerprint density at radius 3 is 2.55 bits per heavy atom. The van der Waals surface area contributed by atoms with Crippen LogP contribution in [0, 0.1) is 0 Å². The molecule has 0 unspecified atom stereocenters. The van der Waals surface area contributed by atoms with Crippen LogP contribution in [0.15, 0.2) is 48.5 Å². The van der Waals surface area contributed by atoms with Crippen LogP contribution in [0.1, 0.15) is 68.5 Å². The lowest BCUT2D eigenvalue weighted by Crippen LogP contribution is -2.52. The smallest absolute Gasteiger partial charge is 0.253 e. The third kappa shape index (κ3) is 5.71. The normalized spacial score (nSPS) is 22.5. The molecule has 2 heterocycles. The monoisotopic (exact) mass is 471 g/mol. The quantitative estimate of drug-likeness (QED) is 0.513. The van der Waals surface area contributed by atoms with Gasteiger partial charge >= 0.3 is 0 Å². The number of piperidine rings is 1. The van der Waals surface area contributed by atoms with E-state index in [4.69, 9.17) is 25.8 Å². The minimum absolute atomic E-state index is 0.000348. The van der Waals surface area contributed by atoms with E-state index in [1.165, 1.54) is 5.56 Å². The van der Waals surface area contributed by atoms with Gasteiger partial charge in [-0.15, -0.1) is 0 Å². The summed E-state index contributed by atoms with van der Waals surface area (Å²) in [5, 5.41) is 0.462. The Labute approximate surface area is 202 Å². The molecule has 6 heteroatoms. The molecule has 0 aliphatic carbocycles. The van der Waals surface area contributed by atoms with Crippen molar-refractivity contribution >= 4 is 17.5 Å².